The molecule has 0 aromatic rings. The molecule has 0 bridgehead atoms. The first-order chi connectivity index (χ1) is 9.55. The second kappa shape index (κ2) is 8.92. The van der Waals surface area contributed by atoms with E-state index in [1.807, 2.05) is 0 Å². The molecular formula is C14H30N2O4. The lowest BCUT2D eigenvalue weighted by atomic mass is 10.2. The molecule has 1 aliphatic heterocycles. The maximum Gasteiger partial charge on any atom is 0.183 e. The van der Waals surface area contributed by atoms with E-state index < -0.39 is 24.8 Å². The first-order valence-electron chi connectivity index (χ1n) is 7.67. The fourth-order valence-electron chi connectivity index (χ4n) is 2.41. The Morgan fingerprint density at radius 1 is 0.700 bits per heavy atom. The maximum atomic E-state index is 10.1. The van der Waals surface area contributed by atoms with Crippen LogP contribution in [-0.4, -0.2) is 84.1 Å². The van der Waals surface area contributed by atoms with Crippen LogP contribution in [0.2, 0.25) is 0 Å². The fourth-order valence-corrected chi connectivity index (χ4v) is 2.41. The molecule has 0 aromatic heterocycles. The van der Waals surface area contributed by atoms with E-state index in [-0.39, 0.29) is 0 Å². The van der Waals surface area contributed by atoms with Crippen LogP contribution in [0, 0.1) is 0 Å². The van der Waals surface area contributed by atoms with Crippen molar-refractivity contribution in [1.82, 2.24) is 9.80 Å². The highest BCUT2D eigenvalue weighted by atomic mass is 16.7. The van der Waals surface area contributed by atoms with Gasteiger partial charge in [0.2, 0.25) is 0 Å². The monoisotopic (exact) mass is 290 g/mol. The smallest absolute Gasteiger partial charge is 0.183 e. The summed E-state index contributed by atoms with van der Waals surface area (Å²) in [4.78, 5) is 4.27. The van der Waals surface area contributed by atoms with Crippen molar-refractivity contribution in [3.8, 4) is 0 Å². The first kappa shape index (κ1) is 17.8. The Kier molecular flexibility index (Phi) is 7.94. The molecule has 0 saturated carbocycles. The van der Waals surface area contributed by atoms with Crippen LogP contribution >= 0.6 is 0 Å². The van der Waals surface area contributed by atoms with Crippen molar-refractivity contribution in [2.45, 2.75) is 52.5 Å². The Balaban J connectivity index is 2.52. The second-order valence-electron chi connectivity index (χ2n) is 5.10. The fraction of sp³-hybridized carbons (Fsp3) is 1.00. The molecule has 0 aliphatic carbocycles. The van der Waals surface area contributed by atoms with Crippen LogP contribution in [0.5, 0.6) is 0 Å². The molecule has 1 fully saturated rings. The molecule has 0 spiro atoms. The van der Waals surface area contributed by atoms with Crippen LogP contribution in [0.1, 0.15) is 27.7 Å². The summed E-state index contributed by atoms with van der Waals surface area (Å²) in [6, 6.07) is 0. The topological polar surface area (TPSA) is 65.4 Å². The minimum atomic E-state index is -0.987. The third-order valence-electron chi connectivity index (χ3n) is 3.93. The zero-order valence-corrected chi connectivity index (χ0v) is 13.2. The molecule has 0 radical (unpaired) electrons. The van der Waals surface area contributed by atoms with Crippen LogP contribution in [0.4, 0.5) is 0 Å². The number of aliphatic hydroxyl groups excluding tert-OH is 2. The quantitative estimate of drug-likeness (QED) is 0.660. The van der Waals surface area contributed by atoms with Crippen LogP contribution in [0.3, 0.4) is 0 Å². The predicted molar refractivity (Wildman–Crippen MR) is 77.3 cm³/mol. The van der Waals surface area contributed by atoms with Gasteiger partial charge in [0.25, 0.3) is 0 Å². The zero-order valence-electron chi connectivity index (χ0n) is 13.2. The third kappa shape index (κ3) is 4.95. The molecule has 4 unspecified atom stereocenters. The van der Waals surface area contributed by atoms with Gasteiger partial charge in [0, 0.05) is 13.1 Å². The molecule has 2 N–H and O–H groups in total. The normalized spacial score (nSPS) is 31.2. The number of hydrogen-bond acceptors (Lipinski definition) is 6. The van der Waals surface area contributed by atoms with Crippen molar-refractivity contribution < 1.29 is 19.7 Å². The maximum absolute atomic E-state index is 10.1. The van der Waals surface area contributed by atoms with Gasteiger partial charge >= 0.3 is 0 Å². The highest BCUT2D eigenvalue weighted by Crippen LogP contribution is 2.19. The van der Waals surface area contributed by atoms with Gasteiger partial charge in [-0.05, 0) is 26.2 Å². The summed E-state index contributed by atoms with van der Waals surface area (Å²) in [5.74, 6) is 0. The van der Waals surface area contributed by atoms with Gasteiger partial charge in [-0.3, -0.25) is 0 Å². The summed E-state index contributed by atoms with van der Waals surface area (Å²) >= 11 is 0. The minimum Gasteiger partial charge on any atom is -0.366 e. The average Bonchev–Trinajstić information content (AvgIpc) is 2.46. The van der Waals surface area contributed by atoms with Gasteiger partial charge in [0.1, 0.15) is 12.2 Å². The summed E-state index contributed by atoms with van der Waals surface area (Å²) in [6.45, 7) is 12.8. The Morgan fingerprint density at radius 3 is 1.25 bits per heavy atom. The Labute approximate surface area is 122 Å². The second-order valence-corrected chi connectivity index (χ2v) is 5.10. The number of nitrogens with zero attached hydrogens (tertiary/aromatic N) is 2. The Hall–Kier alpha value is -0.240. The van der Waals surface area contributed by atoms with E-state index >= 15 is 0 Å². The van der Waals surface area contributed by atoms with Gasteiger partial charge in [-0.25, -0.2) is 0 Å². The molecule has 4 atom stereocenters. The number of ether oxygens (including phenoxy) is 2. The van der Waals surface area contributed by atoms with Crippen molar-refractivity contribution in [3.05, 3.63) is 0 Å². The molecule has 6 nitrogen and oxygen atoms in total. The number of likely N-dealkylation sites (N-methyl/N-ethyl adjacent to an activating group) is 2. The molecule has 1 heterocycles. The standard InChI is InChI=1S/C14H30N2O4/c1-5-15(6-2)9-11-13(17)20-12(14(18)19-11)10-16(7-3)8-4/h11-14,17-18H,5-10H2,1-4H3. The van der Waals surface area contributed by atoms with Gasteiger partial charge < -0.3 is 29.5 Å². The number of aliphatic hydroxyl groups is 2. The van der Waals surface area contributed by atoms with Crippen molar-refractivity contribution in [1.29, 1.82) is 0 Å². The van der Waals surface area contributed by atoms with Gasteiger partial charge in [0.15, 0.2) is 12.6 Å². The summed E-state index contributed by atoms with van der Waals surface area (Å²) in [6.07, 6.45) is -2.98. The van der Waals surface area contributed by atoms with Crippen molar-refractivity contribution in [2.75, 3.05) is 39.3 Å². The van der Waals surface area contributed by atoms with E-state index in [1.54, 1.807) is 0 Å². The first-order valence-corrected chi connectivity index (χ1v) is 7.67. The molecule has 20 heavy (non-hydrogen) atoms. The molecule has 0 amide bonds. The highest BCUT2D eigenvalue weighted by Gasteiger charge is 2.38. The SMILES string of the molecule is CCN(CC)CC1OC(O)C(CN(CC)CC)OC1O. The lowest BCUT2D eigenvalue weighted by Crippen LogP contribution is -2.56. The van der Waals surface area contributed by atoms with Crippen molar-refractivity contribution in [2.24, 2.45) is 0 Å². The summed E-state index contributed by atoms with van der Waals surface area (Å²) in [5, 5.41) is 20.1. The van der Waals surface area contributed by atoms with Gasteiger partial charge in [-0.15, -0.1) is 0 Å². The van der Waals surface area contributed by atoms with Gasteiger partial charge in [0.05, 0.1) is 0 Å². The van der Waals surface area contributed by atoms with Crippen LogP contribution in [0.25, 0.3) is 0 Å². The predicted octanol–water partition coefficient (Wildman–Crippen LogP) is 0.0908. The largest absolute Gasteiger partial charge is 0.366 e. The van der Waals surface area contributed by atoms with Crippen LogP contribution in [0.15, 0.2) is 0 Å². The van der Waals surface area contributed by atoms with Gasteiger partial charge in [-0.2, -0.15) is 0 Å². The van der Waals surface area contributed by atoms with Crippen LogP contribution < -0.4 is 0 Å². The Bertz CT molecular complexity index is 234. The Morgan fingerprint density at radius 2 is 1.00 bits per heavy atom. The number of hydrogen-bond donors (Lipinski definition) is 2. The highest BCUT2D eigenvalue weighted by molar-refractivity contribution is 4.78. The molecule has 1 aliphatic rings. The molecular weight excluding hydrogens is 260 g/mol. The summed E-state index contributed by atoms with van der Waals surface area (Å²) in [7, 11) is 0. The lowest BCUT2D eigenvalue weighted by Gasteiger charge is -2.40. The zero-order chi connectivity index (χ0) is 15.1. The number of rotatable bonds is 8. The van der Waals surface area contributed by atoms with Gasteiger partial charge in [-0.1, -0.05) is 27.7 Å². The average molecular weight is 290 g/mol. The van der Waals surface area contributed by atoms with E-state index in [2.05, 4.69) is 37.5 Å². The minimum absolute atomic E-state index is 0.502. The van der Waals surface area contributed by atoms with E-state index in [0.29, 0.717) is 13.1 Å². The summed E-state index contributed by atoms with van der Waals surface area (Å²) in [5.41, 5.74) is 0. The van der Waals surface area contributed by atoms with E-state index in [4.69, 9.17) is 9.47 Å². The molecule has 1 saturated heterocycles. The summed E-state index contributed by atoms with van der Waals surface area (Å²) < 4.78 is 11.1. The molecule has 6 heteroatoms. The molecule has 1 rings (SSSR count). The third-order valence-corrected chi connectivity index (χ3v) is 3.93. The van der Waals surface area contributed by atoms with E-state index in [9.17, 15) is 10.2 Å². The van der Waals surface area contributed by atoms with Crippen molar-refractivity contribution >= 4 is 0 Å². The molecule has 0 aromatic carbocycles. The van der Waals surface area contributed by atoms with E-state index in [1.165, 1.54) is 0 Å². The van der Waals surface area contributed by atoms with Crippen molar-refractivity contribution in [3.63, 3.8) is 0 Å². The van der Waals surface area contributed by atoms with E-state index in [0.717, 1.165) is 26.2 Å². The lowest BCUT2D eigenvalue weighted by molar-refractivity contribution is -0.333. The molecule has 120 valence electrons. The van der Waals surface area contributed by atoms with Crippen LogP contribution in [-0.2, 0) is 9.47 Å².